The fourth-order valence-corrected chi connectivity index (χ4v) is 4.36. The van der Waals surface area contributed by atoms with Crippen molar-refractivity contribution >= 4 is 34.5 Å². The molecule has 8 nitrogen and oxygen atoms in total. The number of benzene rings is 2. The van der Waals surface area contributed by atoms with Gasteiger partial charge in [-0.1, -0.05) is 12.1 Å². The Bertz CT molecular complexity index is 1260. The number of rotatable bonds is 7. The molecule has 3 aromatic rings. The topological polar surface area (TPSA) is 109 Å². The van der Waals surface area contributed by atoms with Gasteiger partial charge in [0.1, 0.15) is 5.75 Å². The highest BCUT2D eigenvalue weighted by molar-refractivity contribution is 6.14. The Balaban J connectivity index is 1.85. The molecule has 3 N–H and O–H groups in total. The van der Waals surface area contributed by atoms with Crippen LogP contribution in [-0.2, 0) is 9.47 Å². The Kier molecular flexibility index (Phi) is 7.10. The first-order chi connectivity index (χ1) is 16.8. The number of carbonyl (C=O) groups is 1. The van der Waals surface area contributed by atoms with Crippen molar-refractivity contribution in [3.05, 3.63) is 48.0 Å². The van der Waals surface area contributed by atoms with E-state index in [0.29, 0.717) is 23.9 Å². The van der Waals surface area contributed by atoms with Gasteiger partial charge in [-0.2, -0.15) is 0 Å². The molecule has 1 aliphatic carbocycles. The quantitative estimate of drug-likeness (QED) is 0.259. The summed E-state index contributed by atoms with van der Waals surface area (Å²) in [5.41, 5.74) is 3.99. The van der Waals surface area contributed by atoms with Gasteiger partial charge in [-0.15, -0.1) is 0 Å². The van der Waals surface area contributed by atoms with Crippen LogP contribution in [0.4, 0.5) is 10.5 Å². The van der Waals surface area contributed by atoms with Crippen molar-refractivity contribution in [1.82, 2.24) is 4.57 Å². The first-order valence-corrected chi connectivity index (χ1v) is 12.0. The van der Waals surface area contributed by atoms with Crippen LogP contribution >= 0.6 is 0 Å². The van der Waals surface area contributed by atoms with Crippen LogP contribution in [0.2, 0.25) is 0 Å². The zero-order valence-electron chi connectivity index (χ0n) is 20.6. The van der Waals surface area contributed by atoms with E-state index in [0.717, 1.165) is 47.2 Å². The number of amides is 1. The van der Waals surface area contributed by atoms with Crippen LogP contribution in [0.5, 0.6) is 5.75 Å². The van der Waals surface area contributed by atoms with Gasteiger partial charge in [0.2, 0.25) is 5.90 Å². The number of fused-ring (bicyclic) bond motifs is 1. The normalized spacial score (nSPS) is 13.4. The Hall–Kier alpha value is -3.81. The van der Waals surface area contributed by atoms with Gasteiger partial charge in [-0.05, 0) is 69.9 Å². The van der Waals surface area contributed by atoms with Crippen molar-refractivity contribution in [3.8, 4) is 17.0 Å². The minimum absolute atomic E-state index is 0.0420. The number of hydrogen-bond acceptors (Lipinski definition) is 6. The molecule has 35 heavy (non-hydrogen) atoms. The lowest BCUT2D eigenvalue weighted by Crippen LogP contribution is -2.19. The van der Waals surface area contributed by atoms with E-state index in [2.05, 4.69) is 9.88 Å². The third kappa shape index (κ3) is 5.16. The van der Waals surface area contributed by atoms with E-state index in [1.165, 1.54) is 6.92 Å². The summed E-state index contributed by atoms with van der Waals surface area (Å²) in [5.74, 6) is 0.664. The second kappa shape index (κ2) is 10.2. The second-order valence-corrected chi connectivity index (χ2v) is 8.93. The lowest BCUT2D eigenvalue weighted by atomic mass is 9.92. The van der Waals surface area contributed by atoms with Crippen LogP contribution < -0.4 is 10.1 Å². The summed E-state index contributed by atoms with van der Waals surface area (Å²) in [7, 11) is 0. The SMILES string of the molecule is CCOc1ccc2c(C(=N)OC(C)=N)c(-c3ccc(NC(=O)OC(C)C)cc3)n(C3CCC3)c2c1. The fraction of sp³-hybridized carbons (Fsp3) is 0.370. The summed E-state index contributed by atoms with van der Waals surface area (Å²) < 4.78 is 18.7. The number of anilines is 1. The highest BCUT2D eigenvalue weighted by atomic mass is 16.6. The molecule has 0 bridgehead atoms. The molecule has 184 valence electrons. The van der Waals surface area contributed by atoms with Crippen molar-refractivity contribution in [3.63, 3.8) is 0 Å². The molecule has 4 rings (SSSR count). The molecule has 0 atom stereocenters. The van der Waals surface area contributed by atoms with Gasteiger partial charge in [-0.3, -0.25) is 16.1 Å². The lowest BCUT2D eigenvalue weighted by molar-refractivity contribution is 0.130. The van der Waals surface area contributed by atoms with Crippen molar-refractivity contribution in [2.75, 3.05) is 11.9 Å². The van der Waals surface area contributed by atoms with E-state index in [1.807, 2.05) is 49.4 Å². The van der Waals surface area contributed by atoms with Crippen molar-refractivity contribution < 1.29 is 19.0 Å². The van der Waals surface area contributed by atoms with E-state index >= 15 is 0 Å². The third-order valence-electron chi connectivity index (χ3n) is 5.96. The van der Waals surface area contributed by atoms with E-state index < -0.39 is 6.09 Å². The third-order valence-corrected chi connectivity index (χ3v) is 5.96. The first-order valence-electron chi connectivity index (χ1n) is 12.0. The first kappa shape index (κ1) is 24.3. The molecule has 2 aromatic carbocycles. The molecule has 1 saturated carbocycles. The standard InChI is InChI=1S/C27H32N4O4/c1-5-33-21-13-14-22-23(15-21)31(20-7-6-8-20)25(24(22)26(29)35-17(4)28)18-9-11-19(12-10-18)30-27(32)34-16(2)3/h9-16,20,28-29H,5-8H2,1-4H3,(H,30,32). The van der Waals surface area contributed by atoms with E-state index in [4.69, 9.17) is 25.0 Å². The minimum Gasteiger partial charge on any atom is -0.494 e. The number of aromatic nitrogens is 1. The number of nitrogens with zero attached hydrogens (tertiary/aromatic N) is 1. The van der Waals surface area contributed by atoms with Crippen LogP contribution in [0.25, 0.3) is 22.2 Å². The number of carbonyl (C=O) groups excluding carboxylic acids is 1. The zero-order chi connectivity index (χ0) is 25.1. The molecular weight excluding hydrogens is 444 g/mol. The maximum absolute atomic E-state index is 12.0. The van der Waals surface area contributed by atoms with Gasteiger partial charge in [0.25, 0.3) is 0 Å². The predicted molar refractivity (Wildman–Crippen MR) is 138 cm³/mol. The average Bonchev–Trinajstić information content (AvgIpc) is 3.06. The maximum atomic E-state index is 12.0. The summed E-state index contributed by atoms with van der Waals surface area (Å²) in [6.07, 6.45) is 2.54. The van der Waals surface area contributed by atoms with Crippen LogP contribution in [-0.4, -0.2) is 35.2 Å². The predicted octanol–water partition coefficient (Wildman–Crippen LogP) is 6.73. The van der Waals surface area contributed by atoms with Gasteiger partial charge in [0, 0.05) is 30.1 Å². The smallest absolute Gasteiger partial charge is 0.411 e. The summed E-state index contributed by atoms with van der Waals surface area (Å²) in [6, 6.07) is 13.7. The summed E-state index contributed by atoms with van der Waals surface area (Å²) in [4.78, 5) is 12.0. The fourth-order valence-electron chi connectivity index (χ4n) is 4.36. The molecule has 8 heteroatoms. The molecule has 0 spiro atoms. The lowest BCUT2D eigenvalue weighted by Gasteiger charge is -2.30. The molecule has 0 radical (unpaired) electrons. The highest BCUT2D eigenvalue weighted by Gasteiger charge is 2.30. The van der Waals surface area contributed by atoms with E-state index in [1.54, 1.807) is 13.8 Å². The summed E-state index contributed by atoms with van der Waals surface area (Å²) in [5, 5.41) is 20.1. The summed E-state index contributed by atoms with van der Waals surface area (Å²) in [6.45, 7) is 7.63. The van der Waals surface area contributed by atoms with Gasteiger partial charge in [0.15, 0.2) is 5.90 Å². The molecule has 1 amide bonds. The monoisotopic (exact) mass is 476 g/mol. The molecular formula is C27H32N4O4. The summed E-state index contributed by atoms with van der Waals surface area (Å²) >= 11 is 0. The van der Waals surface area contributed by atoms with Crippen LogP contribution in [0, 0.1) is 10.8 Å². The minimum atomic E-state index is -0.503. The molecule has 1 aromatic heterocycles. The largest absolute Gasteiger partial charge is 0.494 e. The Morgan fingerprint density at radius 2 is 1.86 bits per heavy atom. The number of nitrogens with one attached hydrogen (secondary N) is 3. The average molecular weight is 477 g/mol. The van der Waals surface area contributed by atoms with Crippen LogP contribution in [0.15, 0.2) is 42.5 Å². The van der Waals surface area contributed by atoms with Crippen molar-refractivity contribution in [2.45, 2.75) is 59.1 Å². The number of ether oxygens (including phenoxy) is 3. The van der Waals surface area contributed by atoms with Gasteiger partial charge in [-0.25, -0.2) is 4.79 Å². The second-order valence-electron chi connectivity index (χ2n) is 8.93. The van der Waals surface area contributed by atoms with Crippen molar-refractivity contribution in [2.24, 2.45) is 0 Å². The zero-order valence-corrected chi connectivity index (χ0v) is 20.6. The van der Waals surface area contributed by atoms with Gasteiger partial charge in [0.05, 0.1) is 29.5 Å². The number of hydrogen-bond donors (Lipinski definition) is 3. The van der Waals surface area contributed by atoms with Gasteiger partial charge >= 0.3 is 6.09 Å². The van der Waals surface area contributed by atoms with E-state index in [9.17, 15) is 4.79 Å². The molecule has 1 fully saturated rings. The Morgan fingerprint density at radius 3 is 2.43 bits per heavy atom. The van der Waals surface area contributed by atoms with Crippen molar-refractivity contribution in [1.29, 1.82) is 10.8 Å². The molecule has 0 unspecified atom stereocenters. The highest BCUT2D eigenvalue weighted by Crippen LogP contribution is 2.44. The maximum Gasteiger partial charge on any atom is 0.411 e. The van der Waals surface area contributed by atoms with E-state index in [-0.39, 0.29) is 17.9 Å². The van der Waals surface area contributed by atoms with Gasteiger partial charge < -0.3 is 18.8 Å². The molecule has 0 saturated heterocycles. The molecule has 1 aliphatic rings. The molecule has 0 aliphatic heterocycles. The Labute approximate surface area is 205 Å². The molecule has 1 heterocycles. The Morgan fingerprint density at radius 1 is 1.14 bits per heavy atom. The van der Waals surface area contributed by atoms with Crippen LogP contribution in [0.3, 0.4) is 0 Å². The van der Waals surface area contributed by atoms with Crippen LogP contribution in [0.1, 0.15) is 58.6 Å².